The quantitative estimate of drug-likeness (QED) is 0.404. The number of nitrogens with two attached hydrogens (primary N) is 1. The number of nitrogens with zero attached hydrogens (tertiary/aromatic N) is 4. The van der Waals surface area contributed by atoms with Gasteiger partial charge in [0, 0.05) is 7.11 Å². The van der Waals surface area contributed by atoms with Gasteiger partial charge in [0.2, 0.25) is 0 Å². The van der Waals surface area contributed by atoms with Crippen molar-refractivity contribution in [1.82, 2.24) is 19.5 Å². The lowest BCUT2D eigenvalue weighted by Gasteiger charge is -2.25. The van der Waals surface area contributed by atoms with Crippen LogP contribution in [0.3, 0.4) is 0 Å². The van der Waals surface area contributed by atoms with Crippen LogP contribution in [0.25, 0.3) is 11.2 Å². The maximum Gasteiger partial charge on any atom is 0.472 e. The summed E-state index contributed by atoms with van der Waals surface area (Å²) in [6, 6.07) is 0. The van der Waals surface area contributed by atoms with E-state index < -0.39 is 39.0 Å². The Morgan fingerprint density at radius 1 is 1.44 bits per heavy atom. The number of ether oxygens (including phenoxy) is 2. The molecule has 27 heavy (non-hydrogen) atoms. The molecular formula is C14H18N5O7P. The summed E-state index contributed by atoms with van der Waals surface area (Å²) in [5, 5.41) is 9.64. The van der Waals surface area contributed by atoms with Crippen molar-refractivity contribution >= 4 is 24.8 Å². The van der Waals surface area contributed by atoms with Gasteiger partial charge in [-0.25, -0.2) is 19.5 Å². The van der Waals surface area contributed by atoms with Gasteiger partial charge in [0.1, 0.15) is 36.8 Å². The zero-order chi connectivity index (χ0) is 19.6. The first-order valence-corrected chi connectivity index (χ1v) is 9.22. The lowest BCUT2D eigenvalue weighted by atomic mass is 10.1. The van der Waals surface area contributed by atoms with Crippen LogP contribution in [0.2, 0.25) is 0 Å². The summed E-state index contributed by atoms with van der Waals surface area (Å²) in [7, 11) is -3.38. The lowest BCUT2D eigenvalue weighted by Crippen LogP contribution is -2.37. The van der Waals surface area contributed by atoms with E-state index >= 15 is 0 Å². The Balaban J connectivity index is 2.01. The molecule has 4 N–H and O–H groups in total. The third-order valence-electron chi connectivity index (χ3n) is 3.97. The van der Waals surface area contributed by atoms with E-state index in [1.54, 1.807) is 0 Å². The highest BCUT2D eigenvalue weighted by Gasteiger charge is 2.50. The highest BCUT2D eigenvalue weighted by atomic mass is 31.2. The van der Waals surface area contributed by atoms with Gasteiger partial charge in [0.05, 0.1) is 12.9 Å². The van der Waals surface area contributed by atoms with Crippen LogP contribution >= 0.6 is 7.82 Å². The van der Waals surface area contributed by atoms with E-state index in [9.17, 15) is 14.6 Å². The SMILES string of the molecule is C#CCO[C@H]1C(OP(=O)(O)OC)[C@@H](CO)O[C@H]1n1cnc2c(N)ncnc21. The van der Waals surface area contributed by atoms with Crippen LogP contribution in [-0.2, 0) is 23.1 Å². The van der Waals surface area contributed by atoms with Crippen LogP contribution in [0, 0.1) is 12.3 Å². The van der Waals surface area contributed by atoms with Gasteiger partial charge >= 0.3 is 7.82 Å². The van der Waals surface area contributed by atoms with Crippen molar-refractivity contribution in [3.8, 4) is 12.3 Å². The fourth-order valence-corrected chi connectivity index (χ4v) is 3.43. The maximum absolute atomic E-state index is 11.9. The molecule has 13 heteroatoms. The Morgan fingerprint density at radius 3 is 2.89 bits per heavy atom. The Kier molecular flexibility index (Phi) is 5.73. The standard InChI is InChI=1S/C14H18N5O7P/c1-3-4-24-11-10(26-27(21,22)23-2)8(5-20)25-14(11)19-7-18-9-12(15)16-6-17-13(9)19/h1,6-8,10-11,14,20H,4-5H2,2H3,(H,21,22)(H2,15,16,17)/t8-,10?,11+,14-/m1/s1. The molecule has 2 aromatic rings. The van der Waals surface area contributed by atoms with E-state index in [1.165, 1.54) is 17.2 Å². The number of anilines is 1. The first-order valence-electron chi connectivity index (χ1n) is 7.73. The van der Waals surface area contributed by atoms with Crippen LogP contribution in [0.15, 0.2) is 12.7 Å². The second-order valence-corrected chi connectivity index (χ2v) is 7.04. The fraction of sp³-hybridized carbons (Fsp3) is 0.500. The molecule has 1 aliphatic heterocycles. The van der Waals surface area contributed by atoms with Gasteiger partial charge in [-0.1, -0.05) is 5.92 Å². The van der Waals surface area contributed by atoms with Gasteiger partial charge in [0.25, 0.3) is 0 Å². The Labute approximate surface area is 153 Å². The minimum Gasteiger partial charge on any atom is -0.394 e. The molecule has 1 fully saturated rings. The van der Waals surface area contributed by atoms with Gasteiger partial charge < -0.3 is 25.2 Å². The third-order valence-corrected chi connectivity index (χ3v) is 4.94. The first-order chi connectivity index (χ1) is 12.9. The summed E-state index contributed by atoms with van der Waals surface area (Å²) in [4.78, 5) is 21.8. The number of fused-ring (bicyclic) bond motifs is 1. The summed E-state index contributed by atoms with van der Waals surface area (Å²) in [6.07, 6.45) is 3.88. The van der Waals surface area contributed by atoms with Crippen molar-refractivity contribution in [2.45, 2.75) is 24.5 Å². The van der Waals surface area contributed by atoms with Crippen molar-refractivity contribution in [3.63, 3.8) is 0 Å². The molecular weight excluding hydrogens is 381 g/mol. The van der Waals surface area contributed by atoms with E-state index in [-0.39, 0.29) is 12.4 Å². The monoisotopic (exact) mass is 399 g/mol. The number of nitrogen functional groups attached to an aromatic ring is 1. The molecule has 146 valence electrons. The molecule has 2 aromatic heterocycles. The van der Waals surface area contributed by atoms with Gasteiger partial charge in [0.15, 0.2) is 17.7 Å². The smallest absolute Gasteiger partial charge is 0.394 e. The molecule has 0 aromatic carbocycles. The second-order valence-electron chi connectivity index (χ2n) is 5.53. The van der Waals surface area contributed by atoms with Crippen LogP contribution in [0.5, 0.6) is 0 Å². The molecule has 1 saturated heterocycles. The van der Waals surface area contributed by atoms with Gasteiger partial charge in [-0.15, -0.1) is 6.42 Å². The molecule has 3 rings (SSSR count). The summed E-state index contributed by atoms with van der Waals surface area (Å²) >= 11 is 0. The fourth-order valence-electron chi connectivity index (χ4n) is 2.78. The number of aliphatic hydroxyl groups is 1. The normalized spacial score (nSPS) is 27.5. The van der Waals surface area contributed by atoms with Crippen molar-refractivity contribution in [2.24, 2.45) is 0 Å². The van der Waals surface area contributed by atoms with E-state index in [0.717, 1.165) is 7.11 Å². The van der Waals surface area contributed by atoms with Crippen LogP contribution in [0.4, 0.5) is 5.82 Å². The van der Waals surface area contributed by atoms with Crippen LogP contribution in [-0.4, -0.2) is 68.2 Å². The number of hydrogen-bond acceptors (Lipinski definition) is 10. The number of rotatable bonds is 7. The molecule has 3 heterocycles. The largest absolute Gasteiger partial charge is 0.472 e. The van der Waals surface area contributed by atoms with Crippen LogP contribution in [0.1, 0.15) is 6.23 Å². The Hall–Kier alpha value is -2.10. The number of phosphoric ester groups is 1. The first kappa shape index (κ1) is 19.7. The number of phosphoric acid groups is 1. The molecule has 0 radical (unpaired) electrons. The van der Waals surface area contributed by atoms with E-state index in [0.29, 0.717) is 11.2 Å². The third kappa shape index (κ3) is 3.80. The average Bonchev–Trinajstić information content (AvgIpc) is 3.22. The number of aromatic nitrogens is 4. The zero-order valence-corrected chi connectivity index (χ0v) is 15.1. The van der Waals surface area contributed by atoms with Gasteiger partial charge in [-0.3, -0.25) is 13.6 Å². The number of terminal acetylenes is 1. The minimum absolute atomic E-state index is 0.130. The molecule has 0 saturated carbocycles. The highest BCUT2D eigenvalue weighted by Crippen LogP contribution is 2.48. The molecule has 0 spiro atoms. The number of aliphatic hydroxyl groups excluding tert-OH is 1. The predicted molar refractivity (Wildman–Crippen MR) is 91.0 cm³/mol. The number of hydrogen-bond donors (Lipinski definition) is 3. The van der Waals surface area contributed by atoms with Gasteiger partial charge in [-0.2, -0.15) is 0 Å². The number of imidazole rings is 1. The molecule has 0 aliphatic carbocycles. The van der Waals surface area contributed by atoms with E-state index in [2.05, 4.69) is 25.4 Å². The van der Waals surface area contributed by atoms with Crippen molar-refractivity contribution in [2.75, 3.05) is 26.1 Å². The second kappa shape index (κ2) is 7.87. The summed E-state index contributed by atoms with van der Waals surface area (Å²) in [5.41, 5.74) is 6.47. The van der Waals surface area contributed by atoms with E-state index in [4.69, 9.17) is 26.2 Å². The van der Waals surface area contributed by atoms with Crippen molar-refractivity contribution < 1.29 is 33.1 Å². The van der Waals surface area contributed by atoms with E-state index in [1.807, 2.05) is 0 Å². The molecule has 5 atom stereocenters. The van der Waals surface area contributed by atoms with Crippen molar-refractivity contribution in [3.05, 3.63) is 12.7 Å². The Bertz CT molecular complexity index is 900. The summed E-state index contributed by atoms with van der Waals surface area (Å²) in [6.45, 7) is -0.639. The molecule has 1 aliphatic rings. The molecule has 0 amide bonds. The molecule has 0 bridgehead atoms. The summed E-state index contributed by atoms with van der Waals surface area (Å²) < 4.78 is 34.4. The summed E-state index contributed by atoms with van der Waals surface area (Å²) in [5.74, 6) is 2.48. The minimum atomic E-state index is -4.40. The lowest BCUT2D eigenvalue weighted by molar-refractivity contribution is -0.0636. The van der Waals surface area contributed by atoms with Crippen molar-refractivity contribution in [1.29, 1.82) is 0 Å². The van der Waals surface area contributed by atoms with Crippen LogP contribution < -0.4 is 5.73 Å². The Morgan fingerprint density at radius 2 is 2.22 bits per heavy atom. The molecule has 2 unspecified atom stereocenters. The zero-order valence-electron chi connectivity index (χ0n) is 14.2. The van der Waals surface area contributed by atoms with Gasteiger partial charge in [-0.05, 0) is 0 Å². The highest BCUT2D eigenvalue weighted by molar-refractivity contribution is 7.47. The molecule has 12 nitrogen and oxygen atoms in total. The predicted octanol–water partition coefficient (Wildman–Crippen LogP) is -0.551. The topological polar surface area (TPSA) is 164 Å². The maximum atomic E-state index is 11.9. The average molecular weight is 399 g/mol.